The first-order valence-corrected chi connectivity index (χ1v) is 6.47. The summed E-state index contributed by atoms with van der Waals surface area (Å²) in [6, 6.07) is 0.498. The van der Waals surface area contributed by atoms with E-state index < -0.39 is 0 Å². The number of carbonyl (C=O) groups excluding carboxylic acids is 1. The minimum Gasteiger partial charge on any atom is -0.310 e. The van der Waals surface area contributed by atoms with E-state index in [1.54, 1.807) is 6.08 Å². The van der Waals surface area contributed by atoms with Gasteiger partial charge in [-0.25, -0.2) is 4.99 Å². The smallest absolute Gasteiger partial charge is 0.239 e. The van der Waals surface area contributed by atoms with Crippen molar-refractivity contribution in [1.29, 1.82) is 0 Å². The SMILES string of the molecule is C=N/C(=C\C=C(C)C)NC(=O)CNC1CCCC1. The molecule has 100 valence electrons. The normalized spacial score (nSPS) is 16.4. The van der Waals surface area contributed by atoms with Crippen molar-refractivity contribution in [2.24, 2.45) is 4.99 Å². The van der Waals surface area contributed by atoms with Crippen LogP contribution in [0.5, 0.6) is 0 Å². The summed E-state index contributed by atoms with van der Waals surface area (Å²) in [6.07, 6.45) is 8.53. The molecule has 1 rings (SSSR count). The highest BCUT2D eigenvalue weighted by atomic mass is 16.2. The molecule has 1 amide bonds. The fourth-order valence-electron chi connectivity index (χ4n) is 1.93. The molecule has 1 saturated carbocycles. The topological polar surface area (TPSA) is 53.5 Å². The molecule has 0 aromatic carbocycles. The standard InChI is InChI=1S/C14H23N3O/c1-11(2)8-9-13(15-3)17-14(18)10-16-12-6-4-5-7-12/h8-9,12,16H,3-7,10H2,1-2H3,(H,17,18)/b13-9+. The van der Waals surface area contributed by atoms with Crippen LogP contribution in [-0.4, -0.2) is 25.2 Å². The van der Waals surface area contributed by atoms with Crippen LogP contribution in [0.15, 0.2) is 28.5 Å². The van der Waals surface area contributed by atoms with Gasteiger partial charge >= 0.3 is 0 Å². The quantitative estimate of drug-likeness (QED) is 0.560. The summed E-state index contributed by atoms with van der Waals surface area (Å²) in [5.41, 5.74) is 1.15. The molecule has 1 aliphatic carbocycles. The Labute approximate surface area is 109 Å². The number of carbonyl (C=O) groups is 1. The second kappa shape index (κ2) is 7.82. The van der Waals surface area contributed by atoms with Crippen molar-refractivity contribution in [1.82, 2.24) is 10.6 Å². The van der Waals surface area contributed by atoms with Gasteiger partial charge in [-0.05, 0) is 39.5 Å². The van der Waals surface area contributed by atoms with Gasteiger partial charge in [-0.2, -0.15) is 0 Å². The molecular weight excluding hydrogens is 226 g/mol. The summed E-state index contributed by atoms with van der Waals surface area (Å²) in [5, 5.41) is 5.99. The monoisotopic (exact) mass is 249 g/mol. The molecule has 0 unspecified atom stereocenters. The fourth-order valence-corrected chi connectivity index (χ4v) is 1.93. The summed E-state index contributed by atoms with van der Waals surface area (Å²) < 4.78 is 0. The zero-order chi connectivity index (χ0) is 13.4. The molecule has 0 aromatic heterocycles. The van der Waals surface area contributed by atoms with Crippen LogP contribution in [0.1, 0.15) is 39.5 Å². The third kappa shape index (κ3) is 5.77. The third-order valence-corrected chi connectivity index (χ3v) is 2.92. The van der Waals surface area contributed by atoms with Gasteiger partial charge in [0.1, 0.15) is 5.82 Å². The Morgan fingerprint density at radius 1 is 1.33 bits per heavy atom. The zero-order valence-corrected chi connectivity index (χ0v) is 11.3. The Morgan fingerprint density at radius 3 is 2.56 bits per heavy atom. The predicted octanol–water partition coefficient (Wildman–Crippen LogP) is 2.14. The number of rotatable bonds is 6. The Kier molecular flexibility index (Phi) is 6.36. The maximum Gasteiger partial charge on any atom is 0.239 e. The molecule has 0 aliphatic heterocycles. The van der Waals surface area contributed by atoms with Crippen LogP contribution in [0, 0.1) is 0 Å². The van der Waals surface area contributed by atoms with Gasteiger partial charge in [-0.3, -0.25) is 4.79 Å². The molecule has 1 fully saturated rings. The summed E-state index contributed by atoms with van der Waals surface area (Å²) in [7, 11) is 0. The number of amides is 1. The Bertz CT molecular complexity index is 348. The zero-order valence-electron chi connectivity index (χ0n) is 11.3. The van der Waals surface area contributed by atoms with E-state index in [1.165, 1.54) is 25.7 Å². The van der Waals surface area contributed by atoms with Gasteiger partial charge in [0.25, 0.3) is 0 Å². The van der Waals surface area contributed by atoms with Gasteiger partial charge in [-0.1, -0.05) is 24.5 Å². The van der Waals surface area contributed by atoms with Gasteiger partial charge < -0.3 is 10.6 Å². The predicted molar refractivity (Wildman–Crippen MR) is 75.5 cm³/mol. The van der Waals surface area contributed by atoms with Crippen LogP contribution in [0.4, 0.5) is 0 Å². The van der Waals surface area contributed by atoms with Gasteiger partial charge in [0.2, 0.25) is 5.91 Å². The van der Waals surface area contributed by atoms with Crippen molar-refractivity contribution in [3.8, 4) is 0 Å². The number of nitrogens with zero attached hydrogens (tertiary/aromatic N) is 1. The van der Waals surface area contributed by atoms with E-state index in [0.29, 0.717) is 18.4 Å². The molecule has 4 nitrogen and oxygen atoms in total. The van der Waals surface area contributed by atoms with Crippen molar-refractivity contribution in [3.05, 3.63) is 23.5 Å². The van der Waals surface area contributed by atoms with E-state index in [1.807, 2.05) is 19.9 Å². The molecule has 0 bridgehead atoms. The van der Waals surface area contributed by atoms with Crippen LogP contribution >= 0.6 is 0 Å². The summed E-state index contributed by atoms with van der Waals surface area (Å²) in [5.74, 6) is 0.428. The van der Waals surface area contributed by atoms with Gasteiger partial charge in [0.15, 0.2) is 0 Å². The molecule has 2 N–H and O–H groups in total. The number of aliphatic imine (C=N–C) groups is 1. The molecule has 0 aromatic rings. The number of hydrogen-bond acceptors (Lipinski definition) is 3. The largest absolute Gasteiger partial charge is 0.310 e. The number of hydrogen-bond donors (Lipinski definition) is 2. The maximum absolute atomic E-state index is 11.7. The highest BCUT2D eigenvalue weighted by Crippen LogP contribution is 2.17. The second-order valence-electron chi connectivity index (χ2n) is 4.86. The number of nitrogens with one attached hydrogen (secondary N) is 2. The third-order valence-electron chi connectivity index (χ3n) is 2.92. The Hall–Kier alpha value is -1.42. The van der Waals surface area contributed by atoms with Gasteiger partial charge in [-0.15, -0.1) is 0 Å². The Balaban J connectivity index is 2.34. The van der Waals surface area contributed by atoms with Crippen molar-refractivity contribution < 1.29 is 4.79 Å². The van der Waals surface area contributed by atoms with Crippen LogP contribution in [0.2, 0.25) is 0 Å². The molecule has 0 spiro atoms. The molecule has 0 heterocycles. The van der Waals surface area contributed by atoms with E-state index in [4.69, 9.17) is 0 Å². The first-order chi connectivity index (χ1) is 8.61. The molecular formula is C14H23N3O. The summed E-state index contributed by atoms with van der Waals surface area (Å²) >= 11 is 0. The van der Waals surface area contributed by atoms with Crippen LogP contribution in [0.3, 0.4) is 0 Å². The van der Waals surface area contributed by atoms with Crippen molar-refractivity contribution in [2.45, 2.75) is 45.6 Å². The van der Waals surface area contributed by atoms with Gasteiger partial charge in [0.05, 0.1) is 6.54 Å². The molecule has 1 aliphatic rings. The van der Waals surface area contributed by atoms with Crippen molar-refractivity contribution >= 4 is 12.6 Å². The van der Waals surface area contributed by atoms with E-state index in [2.05, 4.69) is 22.3 Å². The number of allylic oxidation sites excluding steroid dienone is 3. The van der Waals surface area contributed by atoms with E-state index in [9.17, 15) is 4.79 Å². The van der Waals surface area contributed by atoms with E-state index in [-0.39, 0.29) is 5.91 Å². The summed E-state index contributed by atoms with van der Waals surface area (Å²) in [4.78, 5) is 15.5. The lowest BCUT2D eigenvalue weighted by atomic mass is 10.2. The van der Waals surface area contributed by atoms with E-state index in [0.717, 1.165) is 5.57 Å². The summed E-state index contributed by atoms with van der Waals surface area (Å²) in [6.45, 7) is 7.76. The first kappa shape index (κ1) is 14.6. The van der Waals surface area contributed by atoms with Crippen molar-refractivity contribution in [2.75, 3.05) is 6.54 Å². The Morgan fingerprint density at radius 2 is 2.00 bits per heavy atom. The van der Waals surface area contributed by atoms with Crippen LogP contribution in [0.25, 0.3) is 0 Å². The average Bonchev–Trinajstić information content (AvgIpc) is 2.84. The van der Waals surface area contributed by atoms with Gasteiger partial charge in [0, 0.05) is 6.04 Å². The molecule has 0 atom stereocenters. The molecule has 18 heavy (non-hydrogen) atoms. The second-order valence-corrected chi connectivity index (χ2v) is 4.86. The maximum atomic E-state index is 11.7. The molecule has 0 radical (unpaired) electrons. The van der Waals surface area contributed by atoms with Crippen molar-refractivity contribution in [3.63, 3.8) is 0 Å². The molecule has 4 heteroatoms. The first-order valence-electron chi connectivity index (χ1n) is 6.47. The lowest BCUT2D eigenvalue weighted by Gasteiger charge is -2.11. The lowest BCUT2D eigenvalue weighted by Crippen LogP contribution is -2.37. The lowest BCUT2D eigenvalue weighted by molar-refractivity contribution is -0.119. The average molecular weight is 249 g/mol. The highest BCUT2D eigenvalue weighted by molar-refractivity contribution is 5.80. The fraction of sp³-hybridized carbons (Fsp3) is 0.571. The van der Waals surface area contributed by atoms with Crippen LogP contribution in [-0.2, 0) is 4.79 Å². The van der Waals surface area contributed by atoms with E-state index >= 15 is 0 Å². The molecule has 0 saturated heterocycles. The minimum atomic E-state index is -0.0669. The van der Waals surface area contributed by atoms with Crippen LogP contribution < -0.4 is 10.6 Å². The highest BCUT2D eigenvalue weighted by Gasteiger charge is 2.15. The minimum absolute atomic E-state index is 0.0669.